The molecule has 1 aliphatic heterocycles. The van der Waals surface area contributed by atoms with E-state index in [0.717, 1.165) is 12.7 Å². The molecule has 3 aromatic rings. The van der Waals surface area contributed by atoms with Crippen molar-refractivity contribution in [3.05, 3.63) is 63.8 Å². The van der Waals surface area contributed by atoms with Crippen molar-refractivity contribution in [1.82, 2.24) is 0 Å². The van der Waals surface area contributed by atoms with Crippen molar-refractivity contribution >= 4 is 38.7 Å². The summed E-state index contributed by atoms with van der Waals surface area (Å²) in [6, 6.07) is 9.57. The summed E-state index contributed by atoms with van der Waals surface area (Å²) in [4.78, 5) is 25.4. The van der Waals surface area contributed by atoms with Gasteiger partial charge in [0, 0.05) is 4.47 Å². The Morgan fingerprint density at radius 3 is 2.78 bits per heavy atom. The van der Waals surface area contributed by atoms with E-state index in [1.54, 1.807) is 37.3 Å². The number of methoxy groups -OCH3 is 1. The molecule has 0 saturated carbocycles. The number of rotatable bonds is 2. The summed E-state index contributed by atoms with van der Waals surface area (Å²) in [6.07, 6.45) is 0.0344. The van der Waals surface area contributed by atoms with Crippen LogP contribution < -0.4 is 4.74 Å². The van der Waals surface area contributed by atoms with Crippen LogP contribution in [0.5, 0.6) is 5.75 Å². The Morgan fingerprint density at radius 1 is 1.30 bits per heavy atom. The predicted octanol–water partition coefficient (Wildman–Crippen LogP) is 4.70. The summed E-state index contributed by atoms with van der Waals surface area (Å²) < 4.78 is 32.6. The number of fused-ring (bicyclic) bond motifs is 3. The standard InChI is InChI=1S/C20H14BrFO5/c1-10-9-26-14-7-6-13-16(15(10)14)27-18(11-4-3-5-12(21)8-11)20(22,17(13)23)19(24)25-2/h3-9,18H,1-2H3. The van der Waals surface area contributed by atoms with Gasteiger partial charge in [0.25, 0.3) is 0 Å². The highest BCUT2D eigenvalue weighted by Crippen LogP contribution is 2.48. The Balaban J connectivity index is 2.00. The molecule has 2 atom stereocenters. The quantitative estimate of drug-likeness (QED) is 0.433. The van der Waals surface area contributed by atoms with Gasteiger partial charge in [-0.25, -0.2) is 9.18 Å². The van der Waals surface area contributed by atoms with Gasteiger partial charge in [-0.1, -0.05) is 28.1 Å². The summed E-state index contributed by atoms with van der Waals surface area (Å²) >= 11 is 3.32. The number of furan rings is 1. The van der Waals surface area contributed by atoms with E-state index in [9.17, 15) is 9.59 Å². The molecule has 0 fully saturated rings. The highest BCUT2D eigenvalue weighted by Gasteiger charge is 2.60. The summed E-state index contributed by atoms with van der Waals surface area (Å²) in [7, 11) is 1.04. The van der Waals surface area contributed by atoms with Crippen molar-refractivity contribution < 1.29 is 27.9 Å². The highest BCUT2D eigenvalue weighted by atomic mass is 79.9. The van der Waals surface area contributed by atoms with Crippen LogP contribution in [-0.2, 0) is 9.53 Å². The molecule has 0 amide bonds. The molecule has 1 aromatic heterocycles. The van der Waals surface area contributed by atoms with Crippen LogP contribution >= 0.6 is 15.9 Å². The maximum Gasteiger partial charge on any atom is 0.356 e. The Labute approximate surface area is 162 Å². The lowest BCUT2D eigenvalue weighted by molar-refractivity contribution is -0.157. The Morgan fingerprint density at radius 2 is 2.07 bits per heavy atom. The molecule has 5 nitrogen and oxygen atoms in total. The van der Waals surface area contributed by atoms with Crippen molar-refractivity contribution in [1.29, 1.82) is 0 Å². The van der Waals surface area contributed by atoms with Crippen molar-refractivity contribution in [2.24, 2.45) is 0 Å². The monoisotopic (exact) mass is 432 g/mol. The van der Waals surface area contributed by atoms with Crippen LogP contribution in [0.4, 0.5) is 4.39 Å². The molecular weight excluding hydrogens is 419 g/mol. The fourth-order valence-electron chi connectivity index (χ4n) is 3.38. The lowest BCUT2D eigenvalue weighted by Crippen LogP contribution is -2.52. The largest absolute Gasteiger partial charge is 0.480 e. The van der Waals surface area contributed by atoms with Gasteiger partial charge in [-0.2, -0.15) is 0 Å². The van der Waals surface area contributed by atoms with E-state index in [-0.39, 0.29) is 11.3 Å². The van der Waals surface area contributed by atoms with Gasteiger partial charge in [-0.15, -0.1) is 0 Å². The third kappa shape index (κ3) is 2.49. The molecule has 2 aromatic carbocycles. The third-order valence-corrected chi connectivity index (χ3v) is 5.18. The first kappa shape index (κ1) is 17.7. The average Bonchev–Trinajstić information content (AvgIpc) is 3.05. The maximum absolute atomic E-state index is 16.0. The third-order valence-electron chi connectivity index (χ3n) is 4.68. The first-order valence-electron chi connectivity index (χ1n) is 8.13. The van der Waals surface area contributed by atoms with Gasteiger partial charge >= 0.3 is 11.6 Å². The molecule has 27 heavy (non-hydrogen) atoms. The van der Waals surface area contributed by atoms with Gasteiger partial charge in [0.05, 0.1) is 24.3 Å². The number of hydrogen-bond donors (Lipinski definition) is 0. The van der Waals surface area contributed by atoms with Crippen molar-refractivity contribution in [3.8, 4) is 5.75 Å². The molecule has 7 heteroatoms. The molecule has 138 valence electrons. The molecule has 0 N–H and O–H groups in total. The summed E-state index contributed by atoms with van der Waals surface area (Å²) in [6.45, 7) is 1.80. The zero-order valence-electron chi connectivity index (χ0n) is 14.4. The zero-order valence-corrected chi connectivity index (χ0v) is 16.0. The molecular formula is C20H14BrFO5. The van der Waals surface area contributed by atoms with Crippen LogP contribution in [0.1, 0.15) is 27.6 Å². The minimum atomic E-state index is -3.01. The molecule has 1 aliphatic rings. The smallest absolute Gasteiger partial charge is 0.356 e. The highest BCUT2D eigenvalue weighted by molar-refractivity contribution is 9.10. The number of ketones is 1. The van der Waals surface area contributed by atoms with Crippen LogP contribution in [-0.4, -0.2) is 24.5 Å². The molecule has 0 radical (unpaired) electrons. The Bertz CT molecular complexity index is 1090. The fraction of sp³-hybridized carbons (Fsp3) is 0.200. The minimum Gasteiger partial charge on any atom is -0.480 e. The number of ether oxygens (including phenoxy) is 2. The van der Waals surface area contributed by atoms with Crippen LogP contribution in [0.3, 0.4) is 0 Å². The van der Waals surface area contributed by atoms with Crippen molar-refractivity contribution in [2.75, 3.05) is 7.11 Å². The molecule has 0 bridgehead atoms. The van der Waals surface area contributed by atoms with Gasteiger partial charge in [-0.05, 0) is 42.3 Å². The zero-order chi connectivity index (χ0) is 19.3. The lowest BCUT2D eigenvalue weighted by Gasteiger charge is -2.35. The second-order valence-corrected chi connectivity index (χ2v) is 7.24. The molecule has 2 heterocycles. The molecule has 2 unspecified atom stereocenters. The van der Waals surface area contributed by atoms with Gasteiger partial charge in [0.2, 0.25) is 5.78 Å². The van der Waals surface area contributed by atoms with Gasteiger partial charge < -0.3 is 13.9 Å². The summed E-state index contributed by atoms with van der Waals surface area (Å²) in [5, 5.41) is 0.577. The number of esters is 1. The second-order valence-electron chi connectivity index (χ2n) is 6.32. The molecule has 4 rings (SSSR count). The van der Waals surface area contributed by atoms with Crippen LogP contribution in [0, 0.1) is 6.92 Å². The van der Waals surface area contributed by atoms with E-state index < -0.39 is 23.5 Å². The topological polar surface area (TPSA) is 65.7 Å². The maximum atomic E-state index is 16.0. The summed E-state index contributed by atoms with van der Waals surface area (Å²) in [5.74, 6) is -2.10. The Kier molecular flexibility index (Phi) is 4.07. The minimum absolute atomic E-state index is 0.0221. The molecule has 0 aliphatic carbocycles. The number of benzene rings is 2. The van der Waals surface area contributed by atoms with E-state index in [1.807, 2.05) is 0 Å². The number of alkyl halides is 1. The number of Topliss-reactive ketones (excluding diaryl/α,β-unsaturated/α-hetero) is 1. The van der Waals surface area contributed by atoms with E-state index in [0.29, 0.717) is 21.0 Å². The first-order chi connectivity index (χ1) is 12.9. The first-order valence-corrected chi connectivity index (χ1v) is 8.92. The summed E-state index contributed by atoms with van der Waals surface area (Å²) in [5.41, 5.74) is -1.45. The van der Waals surface area contributed by atoms with Crippen molar-refractivity contribution in [2.45, 2.75) is 18.7 Å². The second kappa shape index (κ2) is 6.20. The van der Waals surface area contributed by atoms with Gasteiger partial charge in [0.15, 0.2) is 6.10 Å². The normalized spacial score (nSPS) is 21.6. The number of hydrogen-bond acceptors (Lipinski definition) is 5. The number of carbonyl (C=O) groups excluding carboxylic acids is 2. The number of carbonyl (C=O) groups is 2. The van der Waals surface area contributed by atoms with E-state index in [4.69, 9.17) is 9.15 Å². The predicted molar refractivity (Wildman–Crippen MR) is 98.6 cm³/mol. The Hall–Kier alpha value is -2.67. The van der Waals surface area contributed by atoms with Gasteiger partial charge in [-0.3, -0.25) is 4.79 Å². The SMILES string of the molecule is COC(=O)C1(F)C(=O)c2ccc3occ(C)c3c2OC1c1cccc(Br)c1. The molecule has 0 saturated heterocycles. The van der Waals surface area contributed by atoms with E-state index in [1.165, 1.54) is 12.3 Å². The van der Waals surface area contributed by atoms with Crippen molar-refractivity contribution in [3.63, 3.8) is 0 Å². The number of halogens is 2. The lowest BCUT2D eigenvalue weighted by atomic mass is 9.82. The van der Waals surface area contributed by atoms with Crippen LogP contribution in [0.25, 0.3) is 11.0 Å². The van der Waals surface area contributed by atoms with Gasteiger partial charge in [0.1, 0.15) is 11.3 Å². The van der Waals surface area contributed by atoms with E-state index in [2.05, 4.69) is 20.7 Å². The van der Waals surface area contributed by atoms with Crippen LogP contribution in [0.15, 0.2) is 51.6 Å². The fourth-order valence-corrected chi connectivity index (χ4v) is 3.79. The van der Waals surface area contributed by atoms with Crippen LogP contribution in [0.2, 0.25) is 0 Å². The molecule has 0 spiro atoms. The number of aryl methyl sites for hydroxylation is 1. The average molecular weight is 433 g/mol. The van der Waals surface area contributed by atoms with E-state index >= 15 is 4.39 Å².